The average molecular weight is 501 g/mol. The van der Waals surface area contributed by atoms with Gasteiger partial charge in [-0.2, -0.15) is 0 Å². The van der Waals surface area contributed by atoms with E-state index in [1.165, 1.54) is 12.8 Å². The van der Waals surface area contributed by atoms with Gasteiger partial charge in [0.05, 0.1) is 18.8 Å². The first-order valence-corrected chi connectivity index (χ1v) is 9.98. The van der Waals surface area contributed by atoms with E-state index in [4.69, 9.17) is 4.74 Å². The molecule has 1 aliphatic rings. The van der Waals surface area contributed by atoms with Gasteiger partial charge >= 0.3 is 0 Å². The summed E-state index contributed by atoms with van der Waals surface area (Å²) in [6.45, 7) is 6.43. The first-order chi connectivity index (χ1) is 12.6. The van der Waals surface area contributed by atoms with E-state index < -0.39 is 0 Å². The summed E-state index contributed by atoms with van der Waals surface area (Å²) in [7, 11) is 1.77. The number of hydrogen-bond acceptors (Lipinski definition) is 5. The number of aliphatic imine (C=N–C) groups is 1. The van der Waals surface area contributed by atoms with Crippen LogP contribution in [0.1, 0.15) is 48.9 Å². The second-order valence-electron chi connectivity index (χ2n) is 6.86. The molecule has 0 bridgehead atoms. The maximum Gasteiger partial charge on any atom is 0.213 e. The molecule has 0 saturated heterocycles. The van der Waals surface area contributed by atoms with Gasteiger partial charge in [0.15, 0.2) is 5.96 Å². The summed E-state index contributed by atoms with van der Waals surface area (Å²) in [5, 5.41) is 9.79. The van der Waals surface area contributed by atoms with E-state index in [2.05, 4.69) is 44.8 Å². The summed E-state index contributed by atoms with van der Waals surface area (Å²) in [5.74, 6) is 2.65. The maximum atomic E-state index is 5.66. The Hall–Kier alpha value is -1.42. The largest absolute Gasteiger partial charge is 0.477 e. The third kappa shape index (κ3) is 7.25. The summed E-state index contributed by atoms with van der Waals surface area (Å²) in [4.78, 5) is 13.3. The molecule has 0 radical (unpaired) electrons. The first-order valence-electron chi connectivity index (χ1n) is 9.10. The van der Waals surface area contributed by atoms with Crippen LogP contribution in [0.25, 0.3) is 0 Å². The third-order valence-corrected chi connectivity index (χ3v) is 5.08. The number of thiazole rings is 1. The van der Waals surface area contributed by atoms with Crippen molar-refractivity contribution in [3.63, 3.8) is 0 Å². The molecule has 0 unspecified atom stereocenters. The zero-order chi connectivity index (χ0) is 18.4. The molecule has 2 heterocycles. The molecule has 2 N–H and O–H groups in total. The summed E-state index contributed by atoms with van der Waals surface area (Å²) >= 11 is 1.68. The molecule has 8 heteroatoms. The number of hydrogen-bond donors (Lipinski definition) is 2. The van der Waals surface area contributed by atoms with Crippen LogP contribution in [0.4, 0.5) is 0 Å². The van der Waals surface area contributed by atoms with Crippen LogP contribution in [0, 0.1) is 5.92 Å². The number of halogens is 1. The monoisotopic (exact) mass is 501 g/mol. The van der Waals surface area contributed by atoms with Crippen LogP contribution in [-0.4, -0.2) is 29.6 Å². The molecular weight excluding hydrogens is 473 g/mol. The fourth-order valence-electron chi connectivity index (χ4n) is 2.33. The average Bonchev–Trinajstić information content (AvgIpc) is 3.36. The van der Waals surface area contributed by atoms with Crippen LogP contribution in [-0.2, 0) is 13.1 Å². The van der Waals surface area contributed by atoms with E-state index >= 15 is 0 Å². The number of rotatable bonds is 8. The zero-order valence-electron chi connectivity index (χ0n) is 16.1. The lowest BCUT2D eigenvalue weighted by Gasteiger charge is -2.11. The van der Waals surface area contributed by atoms with E-state index in [0.717, 1.165) is 34.7 Å². The predicted octanol–water partition coefficient (Wildman–Crippen LogP) is 3.93. The van der Waals surface area contributed by atoms with E-state index in [9.17, 15) is 0 Å². The maximum absolute atomic E-state index is 5.66. The molecule has 0 spiro atoms. The molecule has 6 nitrogen and oxygen atoms in total. The highest BCUT2D eigenvalue weighted by Crippen LogP contribution is 2.29. The Morgan fingerprint density at radius 2 is 2.07 bits per heavy atom. The van der Waals surface area contributed by atoms with Crippen LogP contribution < -0.4 is 15.4 Å². The van der Waals surface area contributed by atoms with Crippen molar-refractivity contribution in [2.45, 2.75) is 45.7 Å². The summed E-state index contributed by atoms with van der Waals surface area (Å²) in [6, 6.07) is 3.96. The fraction of sp³-hybridized carbons (Fsp3) is 0.526. The van der Waals surface area contributed by atoms with Crippen molar-refractivity contribution in [2.75, 3.05) is 13.7 Å². The van der Waals surface area contributed by atoms with E-state index in [0.29, 0.717) is 24.9 Å². The Balaban J connectivity index is 0.00000261. The van der Waals surface area contributed by atoms with Crippen molar-refractivity contribution < 1.29 is 4.74 Å². The molecule has 1 aliphatic carbocycles. The Morgan fingerprint density at radius 1 is 1.30 bits per heavy atom. The van der Waals surface area contributed by atoms with Gasteiger partial charge in [-0.25, -0.2) is 9.97 Å². The van der Waals surface area contributed by atoms with Gasteiger partial charge < -0.3 is 15.4 Å². The normalized spacial score (nSPS) is 14.0. The molecule has 0 amide bonds. The lowest BCUT2D eigenvalue weighted by atomic mass is 10.2. The van der Waals surface area contributed by atoms with Crippen LogP contribution in [0.5, 0.6) is 5.88 Å². The highest BCUT2D eigenvalue weighted by Gasteiger charge is 2.22. The Labute approximate surface area is 182 Å². The van der Waals surface area contributed by atoms with Crippen molar-refractivity contribution in [2.24, 2.45) is 10.9 Å². The lowest BCUT2D eigenvalue weighted by Crippen LogP contribution is -2.36. The van der Waals surface area contributed by atoms with Gasteiger partial charge in [0.25, 0.3) is 0 Å². The molecule has 148 valence electrons. The van der Waals surface area contributed by atoms with Gasteiger partial charge in [-0.05, 0) is 30.2 Å². The van der Waals surface area contributed by atoms with Gasteiger partial charge in [0.1, 0.15) is 5.01 Å². The van der Waals surface area contributed by atoms with Crippen molar-refractivity contribution in [3.8, 4) is 5.88 Å². The minimum Gasteiger partial charge on any atom is -0.477 e. The van der Waals surface area contributed by atoms with Gasteiger partial charge in [-0.1, -0.05) is 19.9 Å². The summed E-state index contributed by atoms with van der Waals surface area (Å²) in [5.41, 5.74) is 2.23. The molecule has 0 atom stereocenters. The van der Waals surface area contributed by atoms with Crippen molar-refractivity contribution in [1.82, 2.24) is 20.6 Å². The molecule has 2 aromatic heterocycles. The first kappa shape index (κ1) is 21.9. The highest BCUT2D eigenvalue weighted by atomic mass is 127. The number of guanidine groups is 1. The molecule has 1 saturated carbocycles. The third-order valence-electron chi connectivity index (χ3n) is 4.21. The Kier molecular flexibility index (Phi) is 8.75. The highest BCUT2D eigenvalue weighted by molar-refractivity contribution is 14.0. The minimum atomic E-state index is 0. The van der Waals surface area contributed by atoms with Crippen LogP contribution in [0.15, 0.2) is 28.7 Å². The molecule has 0 aliphatic heterocycles. The smallest absolute Gasteiger partial charge is 0.213 e. The van der Waals surface area contributed by atoms with Crippen molar-refractivity contribution >= 4 is 41.3 Å². The number of nitrogens with zero attached hydrogens (tertiary/aromatic N) is 3. The van der Waals surface area contributed by atoms with Gasteiger partial charge in [0.2, 0.25) is 5.88 Å². The molecule has 0 aromatic carbocycles. The number of nitrogens with one attached hydrogen (secondary N) is 2. The zero-order valence-corrected chi connectivity index (χ0v) is 19.2. The summed E-state index contributed by atoms with van der Waals surface area (Å²) < 4.78 is 5.66. The number of aromatic nitrogens is 2. The molecular formula is C19H28IN5OS. The molecule has 3 rings (SSSR count). The predicted molar refractivity (Wildman–Crippen MR) is 121 cm³/mol. The van der Waals surface area contributed by atoms with E-state index in [1.54, 1.807) is 18.4 Å². The minimum absolute atomic E-state index is 0. The second kappa shape index (κ2) is 10.8. The Morgan fingerprint density at radius 3 is 2.67 bits per heavy atom. The van der Waals surface area contributed by atoms with Crippen LogP contribution >= 0.6 is 35.3 Å². The molecule has 27 heavy (non-hydrogen) atoms. The van der Waals surface area contributed by atoms with E-state index in [1.807, 2.05) is 18.3 Å². The topological polar surface area (TPSA) is 71.4 Å². The lowest BCUT2D eigenvalue weighted by molar-refractivity contribution is 0.288. The molecule has 1 fully saturated rings. The quantitative estimate of drug-likeness (QED) is 0.326. The number of pyridine rings is 1. The molecule has 2 aromatic rings. The van der Waals surface area contributed by atoms with Crippen molar-refractivity contribution in [3.05, 3.63) is 40.0 Å². The van der Waals surface area contributed by atoms with Crippen LogP contribution in [0.2, 0.25) is 0 Å². The Bertz CT molecular complexity index is 728. The van der Waals surface area contributed by atoms with Crippen LogP contribution in [0.3, 0.4) is 0 Å². The fourth-order valence-corrected chi connectivity index (χ4v) is 3.22. The second-order valence-corrected chi connectivity index (χ2v) is 7.80. The van der Waals surface area contributed by atoms with Gasteiger partial charge in [-0.3, -0.25) is 4.99 Å². The van der Waals surface area contributed by atoms with E-state index in [-0.39, 0.29) is 24.0 Å². The standard InChI is InChI=1S/C19H27N5OS.HI/c1-13(2)16-12-26-18(24-16)10-23-19(20-3)22-9-15-6-7-17(21-8-15)25-11-14-4-5-14;/h6-8,12-14H,4-5,9-11H2,1-3H3,(H2,20,22,23);1H. The van der Waals surface area contributed by atoms with Crippen molar-refractivity contribution in [1.29, 1.82) is 0 Å². The SMILES string of the molecule is CN=C(NCc1ccc(OCC2CC2)nc1)NCc1nc(C(C)C)cs1.I. The summed E-state index contributed by atoms with van der Waals surface area (Å²) in [6.07, 6.45) is 4.42. The van der Waals surface area contributed by atoms with Gasteiger partial charge in [0, 0.05) is 31.2 Å². The number of ether oxygens (including phenoxy) is 1. The van der Waals surface area contributed by atoms with Gasteiger partial charge in [-0.15, -0.1) is 35.3 Å².